The number of amides is 1. The number of benzene rings is 1. The van der Waals surface area contributed by atoms with Gasteiger partial charge in [0.25, 0.3) is 0 Å². The number of nitrogens with two attached hydrogens (primary N) is 1. The van der Waals surface area contributed by atoms with E-state index in [4.69, 9.17) is 22.7 Å². The Morgan fingerprint density at radius 1 is 1.24 bits per heavy atom. The third-order valence-electron chi connectivity index (χ3n) is 3.70. The van der Waals surface area contributed by atoms with E-state index in [1.54, 1.807) is 0 Å². The Labute approximate surface area is 132 Å². The van der Waals surface area contributed by atoms with E-state index in [2.05, 4.69) is 12.2 Å². The van der Waals surface area contributed by atoms with Gasteiger partial charge in [-0.05, 0) is 43.5 Å². The molecule has 4 nitrogen and oxygen atoms in total. The topological polar surface area (TPSA) is 64.3 Å². The Balaban J connectivity index is 2.80. The zero-order chi connectivity index (χ0) is 15.9. The molecule has 0 spiro atoms. The zero-order valence-corrected chi connectivity index (χ0v) is 13.8. The number of hydrogen-bond acceptors (Lipinski definition) is 3. The van der Waals surface area contributed by atoms with E-state index in [0.29, 0.717) is 25.1 Å². The summed E-state index contributed by atoms with van der Waals surface area (Å²) >= 11 is 5.09. The second-order valence-corrected chi connectivity index (χ2v) is 5.42. The number of nitrogens with one attached hydrogen (secondary N) is 1. The van der Waals surface area contributed by atoms with Crippen LogP contribution in [-0.4, -0.2) is 17.5 Å². The van der Waals surface area contributed by atoms with Crippen LogP contribution >= 0.6 is 12.2 Å². The van der Waals surface area contributed by atoms with Gasteiger partial charge in [0.2, 0.25) is 5.91 Å². The summed E-state index contributed by atoms with van der Waals surface area (Å²) in [6, 6.07) is 7.31. The molecule has 0 aliphatic carbocycles. The number of anilines is 1. The fourth-order valence-corrected chi connectivity index (χ4v) is 2.52. The molecule has 0 aromatic heterocycles. The summed E-state index contributed by atoms with van der Waals surface area (Å²) in [5.74, 6) is 0.642. The molecule has 0 saturated carbocycles. The second kappa shape index (κ2) is 7.98. The van der Waals surface area contributed by atoms with Crippen LogP contribution in [0.2, 0.25) is 0 Å². The fourth-order valence-electron chi connectivity index (χ4n) is 2.14. The predicted molar refractivity (Wildman–Crippen MR) is 90.7 cm³/mol. The van der Waals surface area contributed by atoms with Gasteiger partial charge in [-0.15, -0.1) is 0 Å². The first kappa shape index (κ1) is 17.4. The molecular formula is C16H24N2O2S. The van der Waals surface area contributed by atoms with E-state index in [0.717, 1.165) is 12.2 Å². The Hall–Kier alpha value is -1.62. The highest BCUT2D eigenvalue weighted by Gasteiger charge is 2.38. The number of rotatable bonds is 8. The van der Waals surface area contributed by atoms with Crippen LogP contribution in [0.5, 0.6) is 5.75 Å². The van der Waals surface area contributed by atoms with Crippen molar-refractivity contribution in [2.24, 2.45) is 11.1 Å². The van der Waals surface area contributed by atoms with Gasteiger partial charge in [-0.1, -0.05) is 33.0 Å². The lowest BCUT2D eigenvalue weighted by Crippen LogP contribution is -2.45. The highest BCUT2D eigenvalue weighted by molar-refractivity contribution is 7.80. The lowest BCUT2D eigenvalue weighted by atomic mass is 9.81. The van der Waals surface area contributed by atoms with Crippen molar-refractivity contribution in [3.63, 3.8) is 0 Å². The van der Waals surface area contributed by atoms with Gasteiger partial charge in [-0.2, -0.15) is 0 Å². The van der Waals surface area contributed by atoms with Crippen molar-refractivity contribution in [3.05, 3.63) is 24.3 Å². The van der Waals surface area contributed by atoms with Crippen LogP contribution in [0.15, 0.2) is 24.3 Å². The van der Waals surface area contributed by atoms with Crippen molar-refractivity contribution >= 4 is 28.8 Å². The summed E-state index contributed by atoms with van der Waals surface area (Å²) in [5.41, 5.74) is 5.71. The molecule has 116 valence electrons. The normalized spacial score (nSPS) is 11.0. The number of carbonyl (C=O) groups is 1. The molecule has 0 fully saturated rings. The second-order valence-electron chi connectivity index (χ2n) is 4.98. The highest BCUT2D eigenvalue weighted by Crippen LogP contribution is 2.29. The molecule has 0 radical (unpaired) electrons. The van der Waals surface area contributed by atoms with E-state index >= 15 is 0 Å². The van der Waals surface area contributed by atoms with Gasteiger partial charge in [0, 0.05) is 5.69 Å². The van der Waals surface area contributed by atoms with E-state index in [1.165, 1.54) is 0 Å². The number of ether oxygens (including phenoxy) is 1. The van der Waals surface area contributed by atoms with Gasteiger partial charge in [0.05, 0.1) is 17.0 Å². The van der Waals surface area contributed by atoms with Crippen LogP contribution in [0.1, 0.15) is 40.0 Å². The summed E-state index contributed by atoms with van der Waals surface area (Å²) in [7, 11) is 0. The van der Waals surface area contributed by atoms with E-state index in [9.17, 15) is 4.79 Å². The maximum atomic E-state index is 12.5. The standard InChI is InChI=1S/C16H24N2O2S/c1-4-11-20-13-9-7-12(8-10-13)18-15(19)16(5-2,6-3)14(17)21/h7-10H,4-6,11H2,1-3H3,(H2,17,21)(H,18,19). The molecule has 0 aliphatic rings. The molecule has 1 rings (SSSR count). The number of hydrogen-bond donors (Lipinski definition) is 2. The van der Waals surface area contributed by atoms with Gasteiger partial charge in [0.1, 0.15) is 5.75 Å². The molecule has 0 heterocycles. The lowest BCUT2D eigenvalue weighted by molar-refractivity contribution is -0.122. The minimum absolute atomic E-state index is 0.151. The van der Waals surface area contributed by atoms with Crippen molar-refractivity contribution in [1.82, 2.24) is 0 Å². The number of thiocarbonyl (C=S) groups is 1. The van der Waals surface area contributed by atoms with Crippen LogP contribution in [0.25, 0.3) is 0 Å². The molecule has 0 unspecified atom stereocenters. The monoisotopic (exact) mass is 308 g/mol. The summed E-state index contributed by atoms with van der Waals surface area (Å²) in [6.45, 7) is 6.58. The lowest BCUT2D eigenvalue weighted by Gasteiger charge is -2.28. The van der Waals surface area contributed by atoms with Crippen LogP contribution < -0.4 is 15.8 Å². The van der Waals surface area contributed by atoms with Crippen molar-refractivity contribution < 1.29 is 9.53 Å². The predicted octanol–water partition coefficient (Wildman–Crippen LogP) is 3.51. The smallest absolute Gasteiger partial charge is 0.237 e. The SMILES string of the molecule is CCCOc1ccc(NC(=O)C(CC)(CC)C(N)=S)cc1. The maximum Gasteiger partial charge on any atom is 0.237 e. The van der Waals surface area contributed by atoms with Gasteiger partial charge in [-0.25, -0.2) is 0 Å². The molecule has 21 heavy (non-hydrogen) atoms. The molecule has 1 amide bonds. The maximum absolute atomic E-state index is 12.5. The molecular weight excluding hydrogens is 284 g/mol. The Morgan fingerprint density at radius 2 is 1.81 bits per heavy atom. The first-order valence-corrected chi connectivity index (χ1v) is 7.75. The molecule has 3 N–H and O–H groups in total. The minimum atomic E-state index is -0.785. The van der Waals surface area contributed by atoms with Crippen LogP contribution in [0.3, 0.4) is 0 Å². The summed E-state index contributed by atoms with van der Waals surface area (Å²) in [5, 5.41) is 2.89. The van der Waals surface area contributed by atoms with E-state index in [1.807, 2.05) is 38.1 Å². The van der Waals surface area contributed by atoms with Gasteiger partial charge >= 0.3 is 0 Å². The Kier molecular flexibility index (Phi) is 6.62. The Morgan fingerprint density at radius 3 is 2.24 bits per heavy atom. The molecule has 0 atom stereocenters. The quantitative estimate of drug-likeness (QED) is 0.721. The fraction of sp³-hybridized carbons (Fsp3) is 0.500. The first-order chi connectivity index (χ1) is 10.00. The summed E-state index contributed by atoms with van der Waals surface area (Å²) in [4.78, 5) is 12.7. The van der Waals surface area contributed by atoms with E-state index in [-0.39, 0.29) is 10.9 Å². The van der Waals surface area contributed by atoms with E-state index < -0.39 is 5.41 Å². The molecule has 0 saturated heterocycles. The third-order valence-corrected chi connectivity index (χ3v) is 4.09. The van der Waals surface area contributed by atoms with Gasteiger partial charge in [0.15, 0.2) is 0 Å². The van der Waals surface area contributed by atoms with Crippen LogP contribution in [0.4, 0.5) is 5.69 Å². The molecule has 1 aromatic carbocycles. The first-order valence-electron chi connectivity index (χ1n) is 7.34. The van der Waals surface area contributed by atoms with Crippen LogP contribution in [0, 0.1) is 5.41 Å². The molecule has 0 bridgehead atoms. The summed E-state index contributed by atoms with van der Waals surface area (Å²) in [6.07, 6.45) is 2.13. The van der Waals surface area contributed by atoms with Gasteiger partial charge in [-0.3, -0.25) is 4.79 Å². The van der Waals surface area contributed by atoms with Crippen molar-refractivity contribution in [2.75, 3.05) is 11.9 Å². The molecule has 5 heteroatoms. The van der Waals surface area contributed by atoms with Crippen molar-refractivity contribution in [3.8, 4) is 5.75 Å². The average Bonchev–Trinajstić information content (AvgIpc) is 2.48. The third kappa shape index (κ3) is 4.17. The zero-order valence-electron chi connectivity index (χ0n) is 12.9. The largest absolute Gasteiger partial charge is 0.494 e. The van der Waals surface area contributed by atoms with Gasteiger partial charge < -0.3 is 15.8 Å². The van der Waals surface area contributed by atoms with Crippen molar-refractivity contribution in [1.29, 1.82) is 0 Å². The van der Waals surface area contributed by atoms with Crippen molar-refractivity contribution in [2.45, 2.75) is 40.0 Å². The average molecular weight is 308 g/mol. The minimum Gasteiger partial charge on any atom is -0.494 e. The van der Waals surface area contributed by atoms with Crippen LogP contribution in [-0.2, 0) is 4.79 Å². The summed E-state index contributed by atoms with van der Waals surface area (Å²) < 4.78 is 5.51. The molecule has 1 aromatic rings. The number of carbonyl (C=O) groups excluding carboxylic acids is 1. The highest BCUT2D eigenvalue weighted by atomic mass is 32.1. The molecule has 0 aliphatic heterocycles. The Bertz CT molecular complexity index is 482.